The van der Waals surface area contributed by atoms with Crippen molar-refractivity contribution in [2.75, 3.05) is 31.3 Å². The Bertz CT molecular complexity index is 1230. The van der Waals surface area contributed by atoms with Gasteiger partial charge in [0.25, 0.3) is 0 Å². The third kappa shape index (κ3) is 8.19. The topological polar surface area (TPSA) is 206 Å². The van der Waals surface area contributed by atoms with Gasteiger partial charge in [-0.25, -0.2) is 14.4 Å². The summed E-state index contributed by atoms with van der Waals surface area (Å²) in [5, 5.41) is 33.6. The summed E-state index contributed by atoms with van der Waals surface area (Å²) in [6, 6.07) is 10.4. The van der Waals surface area contributed by atoms with Gasteiger partial charge in [-0.1, -0.05) is 42.1 Å². The second kappa shape index (κ2) is 13.0. The Balaban J connectivity index is 1.68. The van der Waals surface area contributed by atoms with Gasteiger partial charge in [-0.3, -0.25) is 13.8 Å². The largest absolute Gasteiger partial charge is 0.405 e. The lowest BCUT2D eigenvalue weighted by atomic mass is 9.91. The summed E-state index contributed by atoms with van der Waals surface area (Å²) in [6.45, 7) is 3.81. The van der Waals surface area contributed by atoms with Gasteiger partial charge >= 0.3 is 13.4 Å². The Kier molecular flexibility index (Phi) is 10.5. The molecule has 3 rings (SSSR count). The number of anilines is 1. The highest BCUT2D eigenvalue weighted by Crippen LogP contribution is 2.47. The molecule has 0 amide bonds. The number of nitrogen functional groups attached to an aromatic ring is 1. The third-order valence-corrected chi connectivity index (χ3v) is 8.86. The molecule has 0 radical (unpaired) electrons. The number of hydrogen-bond acceptors (Lipinski definition) is 12. The smallest absolute Gasteiger partial charge is 0.395 e. The van der Waals surface area contributed by atoms with Crippen molar-refractivity contribution in [2.45, 2.75) is 51.2 Å². The molecule has 0 bridgehead atoms. The molecular weight excluding hydrogens is 551 g/mol. The molecule has 0 spiro atoms. The molecule has 1 aliphatic heterocycles. The molecule has 0 aliphatic carbocycles. The molecule has 5 unspecified atom stereocenters. The molecule has 15 heteroatoms. The number of rotatable bonds is 13. The van der Waals surface area contributed by atoms with Crippen LogP contribution in [0.1, 0.15) is 38.1 Å². The van der Waals surface area contributed by atoms with Crippen molar-refractivity contribution in [2.24, 2.45) is 5.41 Å². The standard InChI is InChI=1S/C24H35N4O9PS/c1-23(2,14-29)21(31)39-10-9-35-38(34,26-12-15-7-5-4-6-8-15)36-13-17-19(30)24(3,33)20(37-17)16-11-18(25)28-22(32)27-16/h4-8,11,17,19-20,29-30,33H,9-10,12-14H2,1-3H3,(H,26,34)(H3,25,27,28,32). The SMILES string of the molecule is CC(C)(CO)C(=O)SCCOP(=O)(NCc1ccccc1)OCC1OC(c2cc(N)nc(=O)[nH]2)C(C)(O)C1O. The number of carbonyl (C=O) groups excluding carboxylic acids is 1. The van der Waals surface area contributed by atoms with Gasteiger partial charge in [-0.05, 0) is 26.3 Å². The number of aromatic amines is 1. The minimum absolute atomic E-state index is 0.0934. The number of H-pyrrole nitrogens is 1. The first-order valence-corrected chi connectivity index (χ1v) is 14.7. The summed E-state index contributed by atoms with van der Waals surface area (Å²) in [4.78, 5) is 30.0. The summed E-state index contributed by atoms with van der Waals surface area (Å²) in [5.74, 6) is 0.0581. The van der Waals surface area contributed by atoms with E-state index in [-0.39, 0.29) is 42.1 Å². The first kappa shape index (κ1) is 31.4. The Morgan fingerprint density at radius 2 is 2.03 bits per heavy atom. The van der Waals surface area contributed by atoms with E-state index in [2.05, 4.69) is 15.1 Å². The van der Waals surface area contributed by atoms with Crippen LogP contribution in [0.4, 0.5) is 5.82 Å². The highest BCUT2D eigenvalue weighted by Gasteiger charge is 2.53. The zero-order valence-corrected chi connectivity index (χ0v) is 23.6. The Labute approximate surface area is 230 Å². The van der Waals surface area contributed by atoms with E-state index in [0.29, 0.717) is 0 Å². The van der Waals surface area contributed by atoms with E-state index < -0.39 is 49.4 Å². The zero-order valence-electron chi connectivity index (χ0n) is 21.9. The lowest BCUT2D eigenvalue weighted by Crippen LogP contribution is -2.43. The van der Waals surface area contributed by atoms with E-state index in [1.165, 1.54) is 13.0 Å². The molecule has 2 aromatic rings. The van der Waals surface area contributed by atoms with Gasteiger partial charge in [0.1, 0.15) is 29.7 Å². The zero-order chi connectivity index (χ0) is 28.8. The maximum absolute atomic E-state index is 13.6. The molecule has 7 N–H and O–H groups in total. The summed E-state index contributed by atoms with van der Waals surface area (Å²) in [5.41, 5.74) is 3.01. The van der Waals surface area contributed by atoms with Gasteiger partial charge in [0.15, 0.2) is 5.12 Å². The second-order valence-electron chi connectivity index (χ2n) is 9.92. The number of aliphatic hydroxyl groups is 3. The Morgan fingerprint density at radius 1 is 1.33 bits per heavy atom. The fourth-order valence-electron chi connectivity index (χ4n) is 3.71. The molecule has 216 valence electrons. The van der Waals surface area contributed by atoms with E-state index >= 15 is 0 Å². The van der Waals surface area contributed by atoms with Crippen LogP contribution in [0, 0.1) is 5.41 Å². The van der Waals surface area contributed by atoms with Gasteiger partial charge < -0.3 is 30.8 Å². The van der Waals surface area contributed by atoms with E-state index in [4.69, 9.17) is 19.5 Å². The van der Waals surface area contributed by atoms with Crippen LogP contribution in [-0.4, -0.2) is 73.8 Å². The number of aliphatic hydroxyl groups excluding tert-OH is 2. The molecule has 39 heavy (non-hydrogen) atoms. The van der Waals surface area contributed by atoms with Crippen molar-refractivity contribution in [1.82, 2.24) is 15.1 Å². The number of ether oxygens (including phenoxy) is 1. The number of benzene rings is 1. The molecule has 1 saturated heterocycles. The minimum atomic E-state index is -4.01. The molecule has 1 fully saturated rings. The van der Waals surface area contributed by atoms with E-state index in [0.717, 1.165) is 17.3 Å². The second-order valence-corrected chi connectivity index (χ2v) is 12.8. The monoisotopic (exact) mass is 586 g/mol. The Hall–Kier alpha value is -2.13. The highest BCUT2D eigenvalue weighted by molar-refractivity contribution is 8.13. The van der Waals surface area contributed by atoms with Crippen LogP contribution in [0.3, 0.4) is 0 Å². The molecule has 1 aromatic carbocycles. The van der Waals surface area contributed by atoms with E-state index in [1.807, 2.05) is 30.3 Å². The van der Waals surface area contributed by atoms with Gasteiger partial charge in [0.05, 0.1) is 30.9 Å². The van der Waals surface area contributed by atoms with E-state index in [1.54, 1.807) is 13.8 Å². The quantitative estimate of drug-likeness (QED) is 0.144. The van der Waals surface area contributed by atoms with Crippen LogP contribution in [0.25, 0.3) is 0 Å². The fraction of sp³-hybridized carbons (Fsp3) is 0.542. The summed E-state index contributed by atoms with van der Waals surface area (Å²) in [7, 11) is -4.01. The number of nitrogens with zero attached hydrogens (tertiary/aromatic N) is 1. The first-order valence-electron chi connectivity index (χ1n) is 12.2. The molecule has 13 nitrogen and oxygen atoms in total. The van der Waals surface area contributed by atoms with Crippen LogP contribution in [0.2, 0.25) is 0 Å². The highest BCUT2D eigenvalue weighted by atomic mass is 32.2. The molecular formula is C24H35N4O9PS. The first-order chi connectivity index (χ1) is 18.3. The average Bonchev–Trinajstić information content (AvgIpc) is 3.12. The van der Waals surface area contributed by atoms with Crippen LogP contribution in [-0.2, 0) is 29.7 Å². The Morgan fingerprint density at radius 3 is 2.67 bits per heavy atom. The van der Waals surface area contributed by atoms with Crippen molar-refractivity contribution in [1.29, 1.82) is 0 Å². The van der Waals surface area contributed by atoms with Crippen LogP contribution in [0.5, 0.6) is 0 Å². The summed E-state index contributed by atoms with van der Waals surface area (Å²) in [6.07, 6.45) is -3.83. The fourth-order valence-corrected chi connectivity index (χ4v) is 5.95. The predicted octanol–water partition coefficient (Wildman–Crippen LogP) is 1.11. The van der Waals surface area contributed by atoms with Gasteiger partial charge in [-0.15, -0.1) is 0 Å². The van der Waals surface area contributed by atoms with Crippen LogP contribution < -0.4 is 16.5 Å². The van der Waals surface area contributed by atoms with Crippen molar-refractivity contribution in [3.63, 3.8) is 0 Å². The van der Waals surface area contributed by atoms with Crippen molar-refractivity contribution in [3.05, 3.63) is 58.1 Å². The summed E-state index contributed by atoms with van der Waals surface area (Å²) >= 11 is 0.936. The molecule has 2 heterocycles. The number of hydrogen-bond donors (Lipinski definition) is 6. The third-order valence-electron chi connectivity index (χ3n) is 6.11. The lowest BCUT2D eigenvalue weighted by Gasteiger charge is -2.26. The minimum Gasteiger partial charge on any atom is -0.395 e. The van der Waals surface area contributed by atoms with E-state index in [9.17, 15) is 29.5 Å². The molecule has 1 aromatic heterocycles. The molecule has 1 aliphatic rings. The number of nitrogens with two attached hydrogens (primary N) is 1. The number of nitrogens with one attached hydrogen (secondary N) is 2. The lowest BCUT2D eigenvalue weighted by molar-refractivity contribution is -0.119. The maximum atomic E-state index is 13.6. The van der Waals surface area contributed by atoms with Crippen LogP contribution >= 0.6 is 19.5 Å². The molecule has 5 atom stereocenters. The molecule has 0 saturated carbocycles. The number of thioether (sulfide) groups is 1. The number of carbonyl (C=O) groups is 1. The predicted molar refractivity (Wildman–Crippen MR) is 145 cm³/mol. The average molecular weight is 587 g/mol. The normalized spacial score (nSPS) is 24.9. The van der Waals surface area contributed by atoms with Crippen molar-refractivity contribution in [3.8, 4) is 0 Å². The summed E-state index contributed by atoms with van der Waals surface area (Å²) < 4.78 is 30.5. The van der Waals surface area contributed by atoms with Crippen molar-refractivity contribution >= 4 is 30.4 Å². The van der Waals surface area contributed by atoms with Crippen LogP contribution in [0.15, 0.2) is 41.2 Å². The number of aromatic nitrogens is 2. The van der Waals surface area contributed by atoms with Gasteiger partial charge in [0, 0.05) is 18.4 Å². The maximum Gasteiger partial charge on any atom is 0.405 e. The van der Waals surface area contributed by atoms with Crippen molar-refractivity contribution < 1.29 is 38.5 Å². The van der Waals surface area contributed by atoms with Gasteiger partial charge in [-0.2, -0.15) is 4.98 Å². The van der Waals surface area contributed by atoms with Gasteiger partial charge in [0.2, 0.25) is 0 Å².